The second-order valence-corrected chi connectivity index (χ2v) is 5.81. The van der Waals surface area contributed by atoms with Gasteiger partial charge in [0.15, 0.2) is 0 Å². The van der Waals surface area contributed by atoms with E-state index in [1.54, 1.807) is 0 Å². The lowest BCUT2D eigenvalue weighted by atomic mass is 9.95. The fourth-order valence-electron chi connectivity index (χ4n) is 3.02. The molecule has 0 amide bonds. The van der Waals surface area contributed by atoms with Crippen molar-refractivity contribution in [2.24, 2.45) is 5.92 Å². The molecule has 94 valence electrons. The predicted molar refractivity (Wildman–Crippen MR) is 69.7 cm³/mol. The van der Waals surface area contributed by atoms with E-state index in [1.165, 1.54) is 71.1 Å². The Morgan fingerprint density at radius 3 is 2.38 bits per heavy atom. The van der Waals surface area contributed by atoms with Gasteiger partial charge in [-0.15, -0.1) is 0 Å². The Kier molecular flexibility index (Phi) is 5.11. The molecule has 0 atom stereocenters. The summed E-state index contributed by atoms with van der Waals surface area (Å²) in [4.78, 5) is 2.63. The van der Waals surface area contributed by atoms with Gasteiger partial charge in [-0.2, -0.15) is 0 Å². The highest BCUT2D eigenvalue weighted by Crippen LogP contribution is 2.18. The number of likely N-dealkylation sites (tertiary alicyclic amines) is 1. The van der Waals surface area contributed by atoms with E-state index in [0.717, 1.165) is 12.0 Å². The van der Waals surface area contributed by atoms with Crippen LogP contribution in [0.2, 0.25) is 0 Å². The fraction of sp³-hybridized carbons (Fsp3) is 1.00. The van der Waals surface area contributed by atoms with Gasteiger partial charge in [-0.25, -0.2) is 0 Å². The van der Waals surface area contributed by atoms with Crippen LogP contribution in [0.3, 0.4) is 0 Å². The molecule has 0 aromatic heterocycles. The molecule has 1 saturated carbocycles. The van der Waals surface area contributed by atoms with Crippen molar-refractivity contribution < 1.29 is 0 Å². The summed E-state index contributed by atoms with van der Waals surface area (Å²) in [7, 11) is 0. The molecule has 1 saturated heterocycles. The van der Waals surface area contributed by atoms with Crippen LogP contribution in [0, 0.1) is 5.92 Å². The van der Waals surface area contributed by atoms with Gasteiger partial charge < -0.3 is 10.2 Å². The smallest absolute Gasteiger partial charge is 0.0107 e. The quantitative estimate of drug-likeness (QED) is 0.790. The van der Waals surface area contributed by atoms with Gasteiger partial charge >= 0.3 is 0 Å². The zero-order chi connectivity index (χ0) is 11.2. The first-order valence-corrected chi connectivity index (χ1v) is 7.30. The van der Waals surface area contributed by atoms with Gasteiger partial charge in [0.1, 0.15) is 0 Å². The number of nitrogens with zero attached hydrogens (tertiary/aromatic N) is 1. The monoisotopic (exact) mass is 224 g/mol. The maximum absolute atomic E-state index is 3.74. The van der Waals surface area contributed by atoms with Gasteiger partial charge in [-0.1, -0.05) is 26.2 Å². The number of nitrogens with one attached hydrogen (secondary N) is 1. The standard InChI is InChI=1S/C14H28N2/c1-13-7-10-16(11-8-13)12-9-15-14-5-3-2-4-6-14/h13-15H,2-12H2,1H3. The Balaban J connectivity index is 1.53. The minimum atomic E-state index is 0.831. The molecule has 1 N–H and O–H groups in total. The van der Waals surface area contributed by atoms with E-state index < -0.39 is 0 Å². The molecule has 0 bridgehead atoms. The molecule has 0 aromatic carbocycles. The van der Waals surface area contributed by atoms with Crippen molar-refractivity contribution in [2.45, 2.75) is 57.9 Å². The number of hydrogen-bond donors (Lipinski definition) is 1. The Labute approximate surface area is 101 Å². The summed E-state index contributed by atoms with van der Waals surface area (Å²) in [5, 5.41) is 3.74. The van der Waals surface area contributed by atoms with E-state index in [4.69, 9.17) is 0 Å². The summed E-state index contributed by atoms with van der Waals surface area (Å²) in [5.74, 6) is 0.961. The number of piperidine rings is 1. The first-order valence-electron chi connectivity index (χ1n) is 7.30. The molecule has 2 rings (SSSR count). The van der Waals surface area contributed by atoms with Crippen LogP contribution in [0.15, 0.2) is 0 Å². The first kappa shape index (κ1) is 12.4. The Morgan fingerprint density at radius 2 is 1.69 bits per heavy atom. The number of hydrogen-bond acceptors (Lipinski definition) is 2. The van der Waals surface area contributed by atoms with E-state index in [0.29, 0.717) is 0 Å². The molecule has 1 aliphatic heterocycles. The summed E-state index contributed by atoms with van der Waals surface area (Å²) in [6, 6.07) is 0.831. The van der Waals surface area contributed by atoms with Crippen LogP contribution < -0.4 is 5.32 Å². The predicted octanol–water partition coefficient (Wildman–Crippen LogP) is 2.64. The average Bonchev–Trinajstić information content (AvgIpc) is 2.33. The maximum atomic E-state index is 3.74. The van der Waals surface area contributed by atoms with Gasteiger partial charge in [-0.05, 0) is 44.7 Å². The molecule has 2 fully saturated rings. The molecule has 1 aliphatic carbocycles. The molecule has 0 aromatic rings. The van der Waals surface area contributed by atoms with Crippen LogP contribution in [0.25, 0.3) is 0 Å². The summed E-state index contributed by atoms with van der Waals surface area (Å²) in [5.41, 5.74) is 0. The minimum absolute atomic E-state index is 0.831. The van der Waals surface area contributed by atoms with Crippen LogP contribution in [0.4, 0.5) is 0 Å². The first-order chi connectivity index (χ1) is 7.84. The SMILES string of the molecule is CC1CCN(CCNC2CCCCC2)CC1. The summed E-state index contributed by atoms with van der Waals surface area (Å²) in [6.45, 7) is 7.51. The fourth-order valence-corrected chi connectivity index (χ4v) is 3.02. The van der Waals surface area contributed by atoms with Gasteiger partial charge in [0.25, 0.3) is 0 Å². The molecule has 16 heavy (non-hydrogen) atoms. The molecule has 1 heterocycles. The third-order valence-corrected chi connectivity index (χ3v) is 4.34. The van der Waals surface area contributed by atoms with E-state index in [1.807, 2.05) is 0 Å². The summed E-state index contributed by atoms with van der Waals surface area (Å²) in [6.07, 6.45) is 9.99. The third kappa shape index (κ3) is 4.06. The van der Waals surface area contributed by atoms with Crippen molar-refractivity contribution in [3.05, 3.63) is 0 Å². The lowest BCUT2D eigenvalue weighted by Crippen LogP contribution is -2.41. The highest BCUT2D eigenvalue weighted by Gasteiger charge is 2.16. The van der Waals surface area contributed by atoms with E-state index >= 15 is 0 Å². The van der Waals surface area contributed by atoms with Crippen LogP contribution in [0.5, 0.6) is 0 Å². The van der Waals surface area contributed by atoms with E-state index in [-0.39, 0.29) is 0 Å². The van der Waals surface area contributed by atoms with Crippen molar-refractivity contribution in [1.29, 1.82) is 0 Å². The highest BCUT2D eigenvalue weighted by molar-refractivity contribution is 4.74. The van der Waals surface area contributed by atoms with Crippen molar-refractivity contribution >= 4 is 0 Å². The van der Waals surface area contributed by atoms with Gasteiger partial charge in [0.05, 0.1) is 0 Å². The second-order valence-electron chi connectivity index (χ2n) is 5.81. The van der Waals surface area contributed by atoms with Crippen molar-refractivity contribution in [3.8, 4) is 0 Å². The van der Waals surface area contributed by atoms with Crippen molar-refractivity contribution in [3.63, 3.8) is 0 Å². The molecule has 0 radical (unpaired) electrons. The molecule has 2 nitrogen and oxygen atoms in total. The van der Waals surface area contributed by atoms with Crippen molar-refractivity contribution in [1.82, 2.24) is 10.2 Å². The van der Waals surface area contributed by atoms with Gasteiger partial charge in [0, 0.05) is 19.1 Å². The van der Waals surface area contributed by atoms with Crippen LogP contribution >= 0.6 is 0 Å². The highest BCUT2D eigenvalue weighted by atomic mass is 15.1. The third-order valence-electron chi connectivity index (χ3n) is 4.34. The van der Waals surface area contributed by atoms with Crippen molar-refractivity contribution in [2.75, 3.05) is 26.2 Å². The van der Waals surface area contributed by atoms with E-state index in [9.17, 15) is 0 Å². The largest absolute Gasteiger partial charge is 0.313 e. The van der Waals surface area contributed by atoms with E-state index in [2.05, 4.69) is 17.1 Å². The molecular weight excluding hydrogens is 196 g/mol. The topological polar surface area (TPSA) is 15.3 Å². The zero-order valence-electron chi connectivity index (χ0n) is 10.9. The molecule has 2 aliphatic rings. The number of rotatable bonds is 4. The molecular formula is C14H28N2. The Bertz CT molecular complexity index is 179. The summed E-state index contributed by atoms with van der Waals surface area (Å²) >= 11 is 0. The summed E-state index contributed by atoms with van der Waals surface area (Å²) < 4.78 is 0. The lowest BCUT2D eigenvalue weighted by Gasteiger charge is -2.31. The molecule has 0 unspecified atom stereocenters. The van der Waals surface area contributed by atoms with Crippen LogP contribution in [-0.2, 0) is 0 Å². The molecule has 0 spiro atoms. The van der Waals surface area contributed by atoms with Gasteiger partial charge in [-0.3, -0.25) is 0 Å². The Hall–Kier alpha value is -0.0800. The lowest BCUT2D eigenvalue weighted by molar-refractivity contribution is 0.189. The maximum Gasteiger partial charge on any atom is 0.0107 e. The Morgan fingerprint density at radius 1 is 1.00 bits per heavy atom. The van der Waals surface area contributed by atoms with Crippen LogP contribution in [0.1, 0.15) is 51.9 Å². The second kappa shape index (κ2) is 6.61. The van der Waals surface area contributed by atoms with Crippen LogP contribution in [-0.4, -0.2) is 37.1 Å². The molecule has 2 heteroatoms. The van der Waals surface area contributed by atoms with Gasteiger partial charge in [0.2, 0.25) is 0 Å². The zero-order valence-corrected chi connectivity index (χ0v) is 10.9. The minimum Gasteiger partial charge on any atom is -0.313 e. The normalized spacial score (nSPS) is 26.1. The average molecular weight is 224 g/mol.